The lowest BCUT2D eigenvalue weighted by atomic mass is 10.3. The highest BCUT2D eigenvalue weighted by molar-refractivity contribution is 7.40. The summed E-state index contributed by atoms with van der Waals surface area (Å²) in [5, 5.41) is 0. The van der Waals surface area contributed by atoms with E-state index in [4.69, 9.17) is 33.5 Å². The van der Waals surface area contributed by atoms with Crippen molar-refractivity contribution in [3.05, 3.63) is 36.5 Å². The third-order valence-corrected chi connectivity index (χ3v) is 9.48. The van der Waals surface area contributed by atoms with E-state index in [2.05, 4.69) is 82.1 Å². The van der Waals surface area contributed by atoms with Gasteiger partial charge in [0.1, 0.15) is 39.5 Å². The largest absolute Gasteiger partial charge is 0.822 e. The average molecular weight is 738 g/mol. The van der Waals surface area contributed by atoms with Gasteiger partial charge in [0, 0.05) is 16.7 Å². The van der Waals surface area contributed by atoms with Crippen LogP contribution in [0.4, 0.5) is 0 Å². The normalized spacial score (nSPS) is 11.3. The number of rotatable bonds is 21. The van der Waals surface area contributed by atoms with Gasteiger partial charge in [-0.15, -0.1) is 0 Å². The van der Waals surface area contributed by atoms with E-state index in [1.807, 2.05) is 0 Å². The van der Waals surface area contributed by atoms with Crippen molar-refractivity contribution in [2.75, 3.05) is 98.4 Å². The van der Waals surface area contributed by atoms with Crippen LogP contribution in [0.5, 0.6) is 0 Å². The number of carbonyl (C=O) groups excluding carboxylic acids is 3. The van der Waals surface area contributed by atoms with Crippen LogP contribution in [-0.2, 0) is 33.2 Å². The molecule has 0 fully saturated rings. The molecule has 0 bridgehead atoms. The lowest BCUT2D eigenvalue weighted by Gasteiger charge is -2.36. The Hall–Kier alpha value is -2.38. The zero-order valence-electron chi connectivity index (χ0n) is 33.6. The first kappa shape index (κ1) is 54.4. The molecule has 14 heteroatoms. The van der Waals surface area contributed by atoms with Gasteiger partial charge in [-0.3, -0.25) is 0 Å². The maximum atomic E-state index is 11.2. The molecule has 0 saturated carbocycles. The van der Waals surface area contributed by atoms with Gasteiger partial charge in [0.15, 0.2) is 0 Å². The Morgan fingerprint density at radius 2 is 0.600 bits per heavy atom. The number of carbonyl (C=O) groups is 3. The van der Waals surface area contributed by atoms with Gasteiger partial charge >= 0.3 is 17.9 Å². The topological polar surface area (TPSA) is 165 Å². The number of nitrogens with zero attached hydrogens (tertiary/aromatic N) is 3. The summed E-state index contributed by atoms with van der Waals surface area (Å²) in [6.07, 6.45) is 0. The van der Waals surface area contributed by atoms with Crippen LogP contribution in [0.25, 0.3) is 0 Å². The molecular weight excluding hydrogens is 665 g/mol. The SMILES string of the molecule is C=C(C)C(=O)OCC[N+](CC)(CC)CC.C=C(C)C(=O)OCC[N+](CC)(CC)CC.C=C(C)C(=O)OCC[N+](CC)(CC)CC.O=P([O-])([O-])[O-]. The van der Waals surface area contributed by atoms with Crippen molar-refractivity contribution in [2.45, 2.75) is 83.1 Å². The number of hydrogen-bond donors (Lipinski definition) is 0. The molecule has 0 radical (unpaired) electrons. The molecule has 296 valence electrons. The van der Waals surface area contributed by atoms with Crippen molar-refractivity contribution in [3.8, 4) is 0 Å². The van der Waals surface area contributed by atoms with Crippen LogP contribution in [0.2, 0.25) is 0 Å². The third kappa shape index (κ3) is 27.4. The predicted octanol–water partition coefficient (Wildman–Crippen LogP) is 3.12. The van der Waals surface area contributed by atoms with Gasteiger partial charge in [-0.2, -0.15) is 7.82 Å². The fraction of sp³-hybridized carbons (Fsp3) is 0.750. The number of likely N-dealkylation sites (N-methyl/N-ethyl adjacent to an activating group) is 3. The zero-order chi connectivity index (χ0) is 40.2. The van der Waals surface area contributed by atoms with Crippen molar-refractivity contribution in [1.29, 1.82) is 0 Å². The maximum Gasteiger partial charge on any atom is 0.333 e. The molecule has 0 unspecified atom stereocenters. The quantitative estimate of drug-likeness (QED) is 0.0562. The second-order valence-corrected chi connectivity index (χ2v) is 13.1. The van der Waals surface area contributed by atoms with Gasteiger partial charge in [-0.05, 0) is 83.1 Å². The van der Waals surface area contributed by atoms with Crippen LogP contribution in [-0.4, -0.2) is 130 Å². The third-order valence-electron chi connectivity index (χ3n) is 9.48. The molecule has 0 spiro atoms. The summed E-state index contributed by atoms with van der Waals surface area (Å²) in [6, 6.07) is 0. The summed E-state index contributed by atoms with van der Waals surface area (Å²) in [4.78, 5) is 59.1. The minimum Gasteiger partial charge on any atom is -0.822 e. The van der Waals surface area contributed by atoms with Gasteiger partial charge in [0.2, 0.25) is 0 Å². The second kappa shape index (κ2) is 29.2. The van der Waals surface area contributed by atoms with E-state index in [-0.39, 0.29) is 17.9 Å². The summed E-state index contributed by atoms with van der Waals surface area (Å²) in [7, 11) is -5.39. The Kier molecular flexibility index (Phi) is 31.8. The van der Waals surface area contributed by atoms with Crippen LogP contribution in [0.1, 0.15) is 83.1 Å². The van der Waals surface area contributed by atoms with E-state index in [0.29, 0.717) is 36.5 Å². The van der Waals surface area contributed by atoms with Crippen molar-refractivity contribution < 1.29 is 61.3 Å². The first-order chi connectivity index (χ1) is 23.0. The standard InChI is InChI=1S/3C12H24NO2.H3O4P/c3*1-6-13(7-2,8-3)9-10-15-12(14)11(4)5;1-5(2,3)4/h3*4,6-10H2,1-3,5H3;(H3,1,2,3,4)/q3*+1;/p-3. The molecule has 0 aromatic heterocycles. The Morgan fingerprint density at radius 1 is 0.460 bits per heavy atom. The Morgan fingerprint density at radius 3 is 0.700 bits per heavy atom. The van der Waals surface area contributed by atoms with Gasteiger partial charge < -0.3 is 46.9 Å². The fourth-order valence-corrected chi connectivity index (χ4v) is 4.80. The highest BCUT2D eigenvalue weighted by Gasteiger charge is 2.22. The van der Waals surface area contributed by atoms with Crippen molar-refractivity contribution in [3.63, 3.8) is 0 Å². The first-order valence-electron chi connectivity index (χ1n) is 17.8. The summed E-state index contributed by atoms with van der Waals surface area (Å²) < 4.78 is 26.9. The average Bonchev–Trinajstić information content (AvgIpc) is 3.07. The van der Waals surface area contributed by atoms with Gasteiger partial charge in [-0.25, -0.2) is 14.4 Å². The molecule has 0 aromatic rings. The predicted molar refractivity (Wildman–Crippen MR) is 195 cm³/mol. The fourth-order valence-electron chi connectivity index (χ4n) is 4.80. The van der Waals surface area contributed by atoms with Crippen LogP contribution < -0.4 is 14.7 Å². The number of esters is 3. The van der Waals surface area contributed by atoms with E-state index < -0.39 is 7.82 Å². The Balaban J connectivity index is -0.000000296. The highest BCUT2D eigenvalue weighted by Crippen LogP contribution is 2.08. The molecule has 0 rings (SSSR count). The lowest BCUT2D eigenvalue weighted by molar-refractivity contribution is -0.923. The molecule has 0 aliphatic carbocycles. The molecule has 0 heterocycles. The van der Waals surface area contributed by atoms with Gasteiger partial charge in [0.05, 0.1) is 58.9 Å². The molecule has 0 N–H and O–H groups in total. The van der Waals surface area contributed by atoms with Crippen molar-refractivity contribution in [1.82, 2.24) is 0 Å². The highest BCUT2D eigenvalue weighted by atomic mass is 31.2. The second-order valence-electron chi connectivity index (χ2n) is 12.2. The molecule has 0 aliphatic rings. The molecule has 0 saturated heterocycles. The molecule has 13 nitrogen and oxygen atoms in total. The van der Waals surface area contributed by atoms with E-state index >= 15 is 0 Å². The number of phosphoric acid groups is 1. The minimum atomic E-state index is -5.39. The molecule has 0 aliphatic heterocycles. The van der Waals surface area contributed by atoms with Gasteiger partial charge in [0.25, 0.3) is 0 Å². The lowest BCUT2D eigenvalue weighted by Crippen LogP contribution is -2.49. The molecule has 0 amide bonds. The molecule has 50 heavy (non-hydrogen) atoms. The Labute approximate surface area is 304 Å². The van der Waals surface area contributed by atoms with Gasteiger partial charge in [-0.1, -0.05) is 19.7 Å². The van der Waals surface area contributed by atoms with Crippen molar-refractivity contribution >= 4 is 25.7 Å². The minimum absolute atomic E-state index is 0.281. The van der Waals surface area contributed by atoms with E-state index in [0.717, 1.165) is 92.0 Å². The monoisotopic (exact) mass is 737 g/mol. The van der Waals surface area contributed by atoms with Crippen molar-refractivity contribution in [2.24, 2.45) is 0 Å². The molecule has 0 atom stereocenters. The van der Waals surface area contributed by atoms with Crippen LogP contribution in [0, 0.1) is 0 Å². The zero-order valence-corrected chi connectivity index (χ0v) is 34.5. The Bertz CT molecular complexity index is 900. The first-order valence-corrected chi connectivity index (χ1v) is 19.3. The summed E-state index contributed by atoms with van der Waals surface area (Å²) in [5.74, 6) is -0.843. The number of hydrogen-bond acceptors (Lipinski definition) is 10. The van der Waals surface area contributed by atoms with E-state index in [9.17, 15) is 14.4 Å². The maximum absolute atomic E-state index is 11.2. The summed E-state index contributed by atoms with van der Waals surface area (Å²) in [6.45, 7) is 49.1. The van der Waals surface area contributed by atoms with Crippen LogP contribution in [0.3, 0.4) is 0 Å². The van der Waals surface area contributed by atoms with E-state index in [1.54, 1.807) is 20.8 Å². The number of quaternary nitrogens is 3. The molecular formula is C36H72N3O10P. The number of ether oxygens (including phenoxy) is 3. The van der Waals surface area contributed by atoms with Crippen LogP contribution >= 0.6 is 7.82 Å². The van der Waals surface area contributed by atoms with Crippen LogP contribution in [0.15, 0.2) is 36.5 Å². The van der Waals surface area contributed by atoms with E-state index in [1.165, 1.54) is 0 Å². The smallest absolute Gasteiger partial charge is 0.333 e. The summed E-state index contributed by atoms with van der Waals surface area (Å²) >= 11 is 0. The molecule has 0 aromatic carbocycles. The summed E-state index contributed by atoms with van der Waals surface area (Å²) in [5.41, 5.74) is 1.41.